The van der Waals surface area contributed by atoms with Crippen LogP contribution < -0.4 is 5.32 Å². The van der Waals surface area contributed by atoms with Crippen molar-refractivity contribution in [3.63, 3.8) is 0 Å². The van der Waals surface area contributed by atoms with Crippen molar-refractivity contribution in [2.24, 2.45) is 23.7 Å². The van der Waals surface area contributed by atoms with E-state index in [2.05, 4.69) is 31.0 Å². The minimum Gasteiger partial charge on any atom is -0.308 e. The molecule has 0 unspecified atom stereocenters. The van der Waals surface area contributed by atoms with E-state index in [4.69, 9.17) is 23.2 Å². The molecule has 1 nitrogen and oxygen atoms in total. The van der Waals surface area contributed by atoms with Crippen molar-refractivity contribution < 1.29 is 0 Å². The van der Waals surface area contributed by atoms with E-state index in [9.17, 15) is 0 Å². The third kappa shape index (κ3) is 4.24. The molecule has 0 aliphatic heterocycles. The fourth-order valence-electron chi connectivity index (χ4n) is 8.04. The van der Waals surface area contributed by atoms with Crippen LogP contribution in [0.2, 0.25) is 10.0 Å². The van der Waals surface area contributed by atoms with Crippen molar-refractivity contribution in [3.05, 3.63) is 45.5 Å². The van der Waals surface area contributed by atoms with Crippen LogP contribution in [0, 0.1) is 23.7 Å². The summed E-state index contributed by atoms with van der Waals surface area (Å²) in [6.07, 6.45) is 15.5. The molecule has 31 heavy (non-hydrogen) atoms. The SMILES string of the molecule is C=C(Cc1cc(Cl)c(C2C3CC4CC(C3)CC2C4)c(Cl)c1)C1(NCCC)CCCCC1. The smallest absolute Gasteiger partial charge is 0.0458 e. The van der Waals surface area contributed by atoms with E-state index < -0.39 is 0 Å². The Hall–Kier alpha value is -0.500. The highest BCUT2D eigenvalue weighted by Gasteiger charge is 2.49. The Labute approximate surface area is 199 Å². The predicted molar refractivity (Wildman–Crippen MR) is 133 cm³/mol. The maximum atomic E-state index is 6.99. The Balaban J connectivity index is 1.36. The summed E-state index contributed by atoms with van der Waals surface area (Å²) in [7, 11) is 0. The lowest BCUT2D eigenvalue weighted by Gasteiger charge is -2.55. The van der Waals surface area contributed by atoms with Gasteiger partial charge in [0.1, 0.15) is 0 Å². The van der Waals surface area contributed by atoms with Gasteiger partial charge in [-0.15, -0.1) is 0 Å². The molecule has 5 fully saturated rings. The second-order valence-corrected chi connectivity index (χ2v) is 12.1. The quantitative estimate of drug-likeness (QED) is 0.403. The van der Waals surface area contributed by atoms with Crippen LogP contribution in [-0.2, 0) is 6.42 Å². The summed E-state index contributed by atoms with van der Waals surface area (Å²) in [6.45, 7) is 7.89. The lowest BCUT2D eigenvalue weighted by Crippen LogP contribution is -2.49. The highest BCUT2D eigenvalue weighted by atomic mass is 35.5. The van der Waals surface area contributed by atoms with E-state index in [0.29, 0.717) is 5.92 Å². The van der Waals surface area contributed by atoms with Crippen LogP contribution in [0.4, 0.5) is 0 Å². The van der Waals surface area contributed by atoms with Crippen LogP contribution in [0.5, 0.6) is 0 Å². The van der Waals surface area contributed by atoms with E-state index in [1.54, 1.807) is 0 Å². The van der Waals surface area contributed by atoms with Crippen molar-refractivity contribution in [3.8, 4) is 0 Å². The molecule has 1 N–H and O–H groups in total. The van der Waals surface area contributed by atoms with Gasteiger partial charge in [-0.2, -0.15) is 0 Å². The molecule has 3 heteroatoms. The first-order valence-corrected chi connectivity index (χ1v) is 13.7. The van der Waals surface area contributed by atoms with Crippen molar-refractivity contribution >= 4 is 23.2 Å². The molecule has 0 radical (unpaired) electrons. The molecule has 5 aliphatic rings. The standard InChI is InChI=1S/C28H39Cl2N/c1-3-9-31-28(7-5-4-6-8-28)18(2)10-19-16-24(29)27(25(30)17-19)26-22-12-20-11-21(14-22)15-23(26)13-20/h16-17,20-23,26,31H,2-15H2,1H3. The molecule has 1 aromatic carbocycles. The monoisotopic (exact) mass is 459 g/mol. The molecule has 1 aromatic rings. The number of hydrogen-bond donors (Lipinski definition) is 1. The average molecular weight is 461 g/mol. The average Bonchev–Trinajstić information content (AvgIpc) is 2.74. The first-order valence-electron chi connectivity index (χ1n) is 12.9. The number of rotatable bonds is 7. The highest BCUT2D eigenvalue weighted by molar-refractivity contribution is 6.36. The molecule has 6 rings (SSSR count). The van der Waals surface area contributed by atoms with Crippen molar-refractivity contribution in [2.45, 2.75) is 95.4 Å². The van der Waals surface area contributed by atoms with Crippen molar-refractivity contribution in [1.82, 2.24) is 5.32 Å². The van der Waals surface area contributed by atoms with Gasteiger partial charge < -0.3 is 5.32 Å². The summed E-state index contributed by atoms with van der Waals surface area (Å²) in [6, 6.07) is 4.44. The summed E-state index contributed by atoms with van der Waals surface area (Å²) in [5, 5.41) is 5.69. The lowest BCUT2D eigenvalue weighted by molar-refractivity contribution is -0.00272. The molecule has 5 aliphatic carbocycles. The Morgan fingerprint density at radius 2 is 1.55 bits per heavy atom. The summed E-state index contributed by atoms with van der Waals surface area (Å²) in [4.78, 5) is 0. The molecular formula is C28H39Cl2N. The molecule has 0 aromatic heterocycles. The van der Waals surface area contributed by atoms with E-state index in [-0.39, 0.29) is 5.54 Å². The van der Waals surface area contributed by atoms with Crippen LogP contribution >= 0.6 is 23.2 Å². The lowest BCUT2D eigenvalue weighted by atomic mass is 9.50. The van der Waals surface area contributed by atoms with Gasteiger partial charge in [-0.05, 0) is 117 Å². The van der Waals surface area contributed by atoms with Crippen LogP contribution in [0.25, 0.3) is 0 Å². The molecule has 4 bridgehead atoms. The van der Waals surface area contributed by atoms with Gasteiger partial charge in [-0.1, -0.05) is 61.5 Å². The number of benzene rings is 1. The fraction of sp³-hybridized carbons (Fsp3) is 0.714. The normalized spacial score (nSPS) is 33.6. The Morgan fingerprint density at radius 3 is 2.10 bits per heavy atom. The molecule has 0 amide bonds. The largest absolute Gasteiger partial charge is 0.308 e. The van der Waals surface area contributed by atoms with Crippen molar-refractivity contribution in [2.75, 3.05) is 6.54 Å². The molecule has 0 spiro atoms. The summed E-state index contributed by atoms with van der Waals surface area (Å²) in [5.41, 5.74) is 3.90. The zero-order valence-corrected chi connectivity index (χ0v) is 20.7. The van der Waals surface area contributed by atoms with Crippen LogP contribution in [-0.4, -0.2) is 12.1 Å². The van der Waals surface area contributed by atoms with Gasteiger partial charge in [0.2, 0.25) is 0 Å². The summed E-state index contributed by atoms with van der Waals surface area (Å²) >= 11 is 14.0. The van der Waals surface area contributed by atoms with E-state index in [0.717, 1.165) is 53.1 Å². The maximum absolute atomic E-state index is 6.99. The molecule has 0 saturated heterocycles. The molecule has 5 saturated carbocycles. The van der Waals surface area contributed by atoms with Crippen LogP contribution in [0.3, 0.4) is 0 Å². The fourth-order valence-corrected chi connectivity index (χ4v) is 8.83. The molecule has 0 heterocycles. The third-order valence-corrected chi connectivity index (χ3v) is 9.84. The van der Waals surface area contributed by atoms with E-state index in [1.807, 2.05) is 0 Å². The summed E-state index contributed by atoms with van der Waals surface area (Å²) < 4.78 is 0. The molecule has 170 valence electrons. The molecule has 0 atom stereocenters. The van der Waals surface area contributed by atoms with E-state index >= 15 is 0 Å². The zero-order chi connectivity index (χ0) is 21.6. The van der Waals surface area contributed by atoms with Gasteiger partial charge in [0.05, 0.1) is 0 Å². The van der Waals surface area contributed by atoms with Gasteiger partial charge in [0.25, 0.3) is 0 Å². The van der Waals surface area contributed by atoms with Gasteiger partial charge in [-0.3, -0.25) is 0 Å². The van der Waals surface area contributed by atoms with Gasteiger partial charge in [0, 0.05) is 15.6 Å². The topological polar surface area (TPSA) is 12.0 Å². The zero-order valence-electron chi connectivity index (χ0n) is 19.2. The third-order valence-electron chi connectivity index (χ3n) is 9.21. The highest BCUT2D eigenvalue weighted by Crippen LogP contribution is 2.61. The Morgan fingerprint density at radius 1 is 0.968 bits per heavy atom. The van der Waals surface area contributed by atoms with Crippen molar-refractivity contribution in [1.29, 1.82) is 0 Å². The van der Waals surface area contributed by atoms with Crippen LogP contribution in [0.15, 0.2) is 24.3 Å². The van der Waals surface area contributed by atoms with Crippen LogP contribution in [0.1, 0.15) is 94.6 Å². The number of nitrogens with one attached hydrogen (secondary N) is 1. The first-order chi connectivity index (χ1) is 15.0. The van der Waals surface area contributed by atoms with Gasteiger partial charge in [-0.25, -0.2) is 0 Å². The minimum absolute atomic E-state index is 0.0906. The first kappa shape index (κ1) is 22.3. The molecular weight excluding hydrogens is 421 g/mol. The Kier molecular flexibility index (Phi) is 6.50. The minimum atomic E-state index is 0.0906. The predicted octanol–water partition coefficient (Wildman–Crippen LogP) is 8.33. The van der Waals surface area contributed by atoms with Gasteiger partial charge in [0.15, 0.2) is 0 Å². The Bertz CT molecular complexity index is 771. The number of halogens is 2. The van der Waals surface area contributed by atoms with E-state index in [1.165, 1.54) is 80.9 Å². The second kappa shape index (κ2) is 9.03. The maximum Gasteiger partial charge on any atom is 0.0458 e. The summed E-state index contributed by atoms with van der Waals surface area (Å²) in [5.74, 6) is 4.13. The second-order valence-electron chi connectivity index (χ2n) is 11.3. The van der Waals surface area contributed by atoms with Gasteiger partial charge >= 0.3 is 0 Å². The number of hydrogen-bond acceptors (Lipinski definition) is 1.